The first kappa shape index (κ1) is 20.5. The van der Waals surface area contributed by atoms with E-state index in [4.69, 9.17) is 9.47 Å². The van der Waals surface area contributed by atoms with Crippen LogP contribution in [0.15, 0.2) is 42.5 Å². The molecule has 1 unspecified atom stereocenters. The third-order valence-corrected chi connectivity index (χ3v) is 4.63. The van der Waals surface area contributed by atoms with Crippen LogP contribution in [0.3, 0.4) is 0 Å². The van der Waals surface area contributed by atoms with E-state index in [2.05, 4.69) is 0 Å². The normalized spacial score (nSPS) is 11.7. The van der Waals surface area contributed by atoms with E-state index in [1.54, 1.807) is 32.2 Å². The van der Waals surface area contributed by atoms with Gasteiger partial charge in [-0.05, 0) is 48.2 Å². The Morgan fingerprint density at radius 3 is 2.22 bits per heavy atom. The zero-order valence-electron chi connectivity index (χ0n) is 16.0. The fourth-order valence-corrected chi connectivity index (χ4v) is 2.97. The molecule has 0 aliphatic carbocycles. The number of phenolic OH excluding ortho intramolecular Hbond substituents is 1. The molecule has 0 spiro atoms. The van der Waals surface area contributed by atoms with Crippen LogP contribution in [0.1, 0.15) is 30.9 Å². The first-order chi connectivity index (χ1) is 13.0. The summed E-state index contributed by atoms with van der Waals surface area (Å²) in [6.45, 7) is 1.78. The summed E-state index contributed by atoms with van der Waals surface area (Å²) < 4.78 is 10.2. The van der Waals surface area contributed by atoms with E-state index < -0.39 is 5.92 Å². The molecule has 2 aromatic rings. The Balaban J connectivity index is 2.06. The number of benzene rings is 2. The smallest absolute Gasteiger partial charge is 0.160 e. The third-order valence-electron chi connectivity index (χ3n) is 4.63. The van der Waals surface area contributed by atoms with Crippen LogP contribution in [0.25, 0.3) is 0 Å². The summed E-state index contributed by atoms with van der Waals surface area (Å²) in [7, 11) is 3.08. The molecule has 5 nitrogen and oxygen atoms in total. The van der Waals surface area contributed by atoms with Crippen LogP contribution in [-0.2, 0) is 22.4 Å². The molecular formula is C22H26O5. The maximum atomic E-state index is 12.7. The van der Waals surface area contributed by atoms with Gasteiger partial charge < -0.3 is 14.6 Å². The van der Waals surface area contributed by atoms with Crippen LogP contribution in [0.2, 0.25) is 0 Å². The van der Waals surface area contributed by atoms with Crippen LogP contribution in [-0.4, -0.2) is 30.9 Å². The van der Waals surface area contributed by atoms with Crippen molar-refractivity contribution in [3.05, 3.63) is 53.6 Å². The zero-order valence-corrected chi connectivity index (χ0v) is 16.0. The van der Waals surface area contributed by atoms with Crippen molar-refractivity contribution in [3.63, 3.8) is 0 Å². The molecule has 1 atom stereocenters. The minimum Gasteiger partial charge on any atom is -0.504 e. The molecular weight excluding hydrogens is 344 g/mol. The van der Waals surface area contributed by atoms with Gasteiger partial charge in [0.1, 0.15) is 17.3 Å². The number of aromatic hydroxyl groups is 1. The first-order valence-electron chi connectivity index (χ1n) is 9.02. The summed E-state index contributed by atoms with van der Waals surface area (Å²) >= 11 is 0. The van der Waals surface area contributed by atoms with Gasteiger partial charge in [0.05, 0.1) is 20.1 Å². The Bertz CT molecular complexity index is 780. The molecule has 0 heterocycles. The molecule has 0 aliphatic rings. The van der Waals surface area contributed by atoms with E-state index in [1.165, 1.54) is 7.11 Å². The Hall–Kier alpha value is -2.82. The molecule has 0 saturated carbocycles. The topological polar surface area (TPSA) is 72.8 Å². The number of ether oxygens (including phenoxy) is 2. The van der Waals surface area contributed by atoms with Gasteiger partial charge in [0.15, 0.2) is 11.5 Å². The number of phenols is 1. The van der Waals surface area contributed by atoms with Gasteiger partial charge in [0, 0.05) is 12.8 Å². The van der Waals surface area contributed by atoms with Gasteiger partial charge in [-0.15, -0.1) is 0 Å². The average molecular weight is 370 g/mol. The second-order valence-corrected chi connectivity index (χ2v) is 6.40. The predicted octanol–water partition coefficient (Wildman–Crippen LogP) is 3.75. The standard InChI is InChI=1S/C22H26O5/c1-4-19(23)18(13-15-5-9-17(26-2)10-6-15)20(24)11-7-16-8-12-21(25)22(14-16)27-3/h5-6,8-10,12,14,18,25H,4,7,11,13H2,1-3H3. The Morgan fingerprint density at radius 2 is 1.63 bits per heavy atom. The maximum absolute atomic E-state index is 12.7. The highest BCUT2D eigenvalue weighted by atomic mass is 16.5. The van der Waals surface area contributed by atoms with Gasteiger partial charge in [-0.3, -0.25) is 9.59 Å². The minimum absolute atomic E-state index is 0.0425. The minimum atomic E-state index is -0.637. The van der Waals surface area contributed by atoms with Crippen LogP contribution in [0, 0.1) is 5.92 Å². The molecule has 2 aromatic carbocycles. The molecule has 2 rings (SSSR count). The van der Waals surface area contributed by atoms with Crippen molar-refractivity contribution >= 4 is 11.6 Å². The highest BCUT2D eigenvalue weighted by Crippen LogP contribution is 2.27. The largest absolute Gasteiger partial charge is 0.504 e. The van der Waals surface area contributed by atoms with Gasteiger partial charge in [-0.2, -0.15) is 0 Å². The lowest BCUT2D eigenvalue weighted by Gasteiger charge is -2.15. The fraction of sp³-hybridized carbons (Fsp3) is 0.364. The number of Topliss-reactive ketones (excluding diaryl/α,β-unsaturated/α-hetero) is 2. The lowest BCUT2D eigenvalue weighted by molar-refractivity contribution is -0.132. The Kier molecular flexibility index (Phi) is 7.41. The van der Waals surface area contributed by atoms with Gasteiger partial charge in [-0.25, -0.2) is 0 Å². The van der Waals surface area contributed by atoms with Gasteiger partial charge in [-0.1, -0.05) is 25.1 Å². The molecule has 0 amide bonds. The molecule has 0 saturated heterocycles. The molecule has 5 heteroatoms. The highest BCUT2D eigenvalue weighted by Gasteiger charge is 2.25. The van der Waals surface area contributed by atoms with Gasteiger partial charge in [0.2, 0.25) is 0 Å². The number of carbonyl (C=O) groups is 2. The van der Waals surface area contributed by atoms with Crippen molar-refractivity contribution in [3.8, 4) is 17.2 Å². The van der Waals surface area contributed by atoms with Crippen molar-refractivity contribution < 1.29 is 24.2 Å². The van der Waals surface area contributed by atoms with Crippen molar-refractivity contribution in [2.45, 2.75) is 32.6 Å². The van der Waals surface area contributed by atoms with Crippen LogP contribution >= 0.6 is 0 Å². The van der Waals surface area contributed by atoms with E-state index in [0.29, 0.717) is 25.0 Å². The Labute approximate surface area is 159 Å². The second kappa shape index (κ2) is 9.76. The molecule has 0 aliphatic heterocycles. The zero-order chi connectivity index (χ0) is 19.8. The Morgan fingerprint density at radius 1 is 0.963 bits per heavy atom. The second-order valence-electron chi connectivity index (χ2n) is 6.40. The average Bonchev–Trinajstić information content (AvgIpc) is 2.71. The van der Waals surface area contributed by atoms with Crippen LogP contribution in [0.4, 0.5) is 0 Å². The number of rotatable bonds is 10. The van der Waals surface area contributed by atoms with Crippen molar-refractivity contribution in [2.75, 3.05) is 14.2 Å². The number of aryl methyl sites for hydroxylation is 1. The summed E-state index contributed by atoms with van der Waals surface area (Å²) in [4.78, 5) is 25.1. The van der Waals surface area contributed by atoms with Crippen LogP contribution in [0.5, 0.6) is 17.2 Å². The van der Waals surface area contributed by atoms with Crippen molar-refractivity contribution in [1.82, 2.24) is 0 Å². The molecule has 0 bridgehead atoms. The summed E-state index contributed by atoms with van der Waals surface area (Å²) in [5.41, 5.74) is 1.81. The van der Waals surface area contributed by atoms with Crippen LogP contribution < -0.4 is 9.47 Å². The van der Waals surface area contributed by atoms with E-state index >= 15 is 0 Å². The SMILES string of the molecule is CCC(=O)C(Cc1ccc(OC)cc1)C(=O)CCc1ccc(O)c(OC)c1. The number of hydrogen-bond donors (Lipinski definition) is 1. The monoisotopic (exact) mass is 370 g/mol. The summed E-state index contributed by atoms with van der Waals surface area (Å²) in [6.07, 6.45) is 1.49. The molecule has 0 fully saturated rings. The first-order valence-corrected chi connectivity index (χ1v) is 9.02. The molecule has 0 aromatic heterocycles. The predicted molar refractivity (Wildman–Crippen MR) is 103 cm³/mol. The van der Waals surface area contributed by atoms with E-state index in [9.17, 15) is 14.7 Å². The van der Waals surface area contributed by atoms with E-state index in [1.807, 2.05) is 24.3 Å². The quantitative estimate of drug-likeness (QED) is 0.645. The highest BCUT2D eigenvalue weighted by molar-refractivity contribution is 6.02. The van der Waals surface area contributed by atoms with E-state index in [-0.39, 0.29) is 23.7 Å². The number of ketones is 2. The van der Waals surface area contributed by atoms with Gasteiger partial charge >= 0.3 is 0 Å². The molecule has 0 radical (unpaired) electrons. The molecule has 27 heavy (non-hydrogen) atoms. The number of methoxy groups -OCH3 is 2. The fourth-order valence-electron chi connectivity index (χ4n) is 2.97. The van der Waals surface area contributed by atoms with Gasteiger partial charge in [0.25, 0.3) is 0 Å². The number of hydrogen-bond acceptors (Lipinski definition) is 5. The summed E-state index contributed by atoms with van der Waals surface area (Å²) in [5, 5.41) is 9.66. The third kappa shape index (κ3) is 5.58. The lowest BCUT2D eigenvalue weighted by Crippen LogP contribution is -2.26. The van der Waals surface area contributed by atoms with E-state index in [0.717, 1.165) is 16.9 Å². The maximum Gasteiger partial charge on any atom is 0.160 e. The van der Waals surface area contributed by atoms with Crippen molar-refractivity contribution in [1.29, 1.82) is 0 Å². The summed E-state index contributed by atoms with van der Waals surface area (Å²) in [6, 6.07) is 12.4. The van der Waals surface area contributed by atoms with Crippen molar-refractivity contribution in [2.24, 2.45) is 5.92 Å². The molecule has 144 valence electrons. The number of carbonyl (C=O) groups excluding carboxylic acids is 2. The lowest BCUT2D eigenvalue weighted by atomic mass is 9.87. The summed E-state index contributed by atoms with van der Waals surface area (Å²) in [5.74, 6) is 0.432. The molecule has 1 N–H and O–H groups in total.